The zero-order chi connectivity index (χ0) is 35.3. The van der Waals surface area contributed by atoms with Crippen LogP contribution in [0.1, 0.15) is 70.8 Å². The number of amidine groups is 1. The average Bonchev–Trinajstić information content (AvgIpc) is 3.79. The van der Waals surface area contributed by atoms with E-state index in [2.05, 4.69) is 79.4 Å². The van der Waals surface area contributed by atoms with Crippen LogP contribution in [-0.4, -0.2) is 72.3 Å². The van der Waals surface area contributed by atoms with Crippen molar-refractivity contribution in [3.05, 3.63) is 74.7 Å². The van der Waals surface area contributed by atoms with Gasteiger partial charge in [0.1, 0.15) is 28.6 Å². The molecule has 0 saturated carbocycles. The molecule has 48 heavy (non-hydrogen) atoms. The quantitative estimate of drug-likeness (QED) is 0.0339. The lowest BCUT2D eigenvalue weighted by atomic mass is 10.2. The Morgan fingerprint density at radius 1 is 0.833 bits per heavy atom. The number of aryl methyl sites for hydroxylation is 1. The number of aromatic nitrogens is 5. The van der Waals surface area contributed by atoms with Crippen molar-refractivity contribution in [1.29, 1.82) is 0 Å². The van der Waals surface area contributed by atoms with Gasteiger partial charge >= 0.3 is 0 Å². The van der Waals surface area contributed by atoms with E-state index in [9.17, 15) is 24.0 Å². The molecule has 18 nitrogen and oxygen atoms in total. The molecule has 0 aliphatic rings. The first-order valence-electron chi connectivity index (χ1n) is 14.2. The van der Waals surface area contributed by atoms with E-state index in [0.29, 0.717) is 33.8 Å². The van der Waals surface area contributed by atoms with Crippen molar-refractivity contribution in [2.45, 2.75) is 34.1 Å². The molecule has 4 heterocycles. The molecule has 19 heteroatoms. The highest BCUT2D eigenvalue weighted by Crippen LogP contribution is 2.26. The second kappa shape index (κ2) is 14.5. The molecule has 0 radical (unpaired) electrons. The lowest BCUT2D eigenvalue weighted by molar-refractivity contribution is -0.112. The molecule has 0 unspecified atom stereocenters. The number of halogens is 1. The van der Waals surface area contributed by atoms with Crippen molar-refractivity contribution >= 4 is 74.2 Å². The van der Waals surface area contributed by atoms with E-state index in [0.717, 1.165) is 0 Å². The van der Waals surface area contributed by atoms with Gasteiger partial charge in [0, 0.05) is 47.7 Å². The number of anilines is 4. The first-order chi connectivity index (χ1) is 22.7. The van der Waals surface area contributed by atoms with Crippen molar-refractivity contribution in [3.8, 4) is 0 Å². The number of amides is 5. The van der Waals surface area contributed by atoms with E-state index in [1.54, 1.807) is 33.8 Å². The van der Waals surface area contributed by atoms with E-state index in [1.165, 1.54) is 12.4 Å². The van der Waals surface area contributed by atoms with Crippen LogP contribution in [-0.2, 0) is 4.79 Å². The van der Waals surface area contributed by atoms with Gasteiger partial charge in [-0.25, -0.2) is 0 Å². The summed E-state index contributed by atoms with van der Waals surface area (Å²) in [6.07, 6.45) is 3.04. The number of oxime groups is 1. The van der Waals surface area contributed by atoms with Gasteiger partial charge in [0.05, 0.1) is 21.5 Å². The minimum atomic E-state index is -0.571. The van der Waals surface area contributed by atoms with Crippen LogP contribution >= 0.6 is 15.9 Å². The largest absolute Gasteiger partial charge is 0.409 e. The fourth-order valence-corrected chi connectivity index (χ4v) is 4.60. The Morgan fingerprint density at radius 3 is 1.96 bits per heavy atom. The van der Waals surface area contributed by atoms with Gasteiger partial charge < -0.3 is 52.5 Å². The standard InChI is InChI=1S/C29H33BrN12O6/c1-11-8-16(36-25(43)15(5)30)23(35-11)29(47)38-18-10-33-20(12(18)2)27(45)37-17-9-34-21(13(17)3)28(46)39-24-14(4)22(40-41-24)26(44)32-7-6-19(31)42-48/h8-10,33-35,48H,5-7H2,1-4H3,(H2,31,42)(H,32,44)(H,36,43)(H,37,45)(H,38,47)(H2,39,40,41,46). The van der Waals surface area contributed by atoms with Gasteiger partial charge in [-0.05, 0) is 49.7 Å². The summed E-state index contributed by atoms with van der Waals surface area (Å²) >= 11 is 3.01. The van der Waals surface area contributed by atoms with Gasteiger partial charge in [0.2, 0.25) is 0 Å². The van der Waals surface area contributed by atoms with Gasteiger partial charge in [-0.3, -0.25) is 29.1 Å². The number of carbonyl (C=O) groups excluding carboxylic acids is 5. The molecule has 4 aromatic heterocycles. The number of hydrogen-bond acceptors (Lipinski definition) is 8. The fourth-order valence-electron chi connectivity index (χ4n) is 4.50. The van der Waals surface area contributed by atoms with Crippen LogP contribution in [0.3, 0.4) is 0 Å². The summed E-state index contributed by atoms with van der Waals surface area (Å²) in [6, 6.07) is 1.60. The maximum Gasteiger partial charge on any atom is 0.274 e. The van der Waals surface area contributed by atoms with Crippen molar-refractivity contribution in [3.63, 3.8) is 0 Å². The van der Waals surface area contributed by atoms with Crippen molar-refractivity contribution < 1.29 is 29.2 Å². The van der Waals surface area contributed by atoms with Crippen LogP contribution in [0.25, 0.3) is 0 Å². The molecule has 0 aliphatic heterocycles. The Balaban J connectivity index is 1.40. The molecule has 4 aromatic rings. The Labute approximate surface area is 280 Å². The molecule has 252 valence electrons. The van der Waals surface area contributed by atoms with E-state index >= 15 is 0 Å². The highest BCUT2D eigenvalue weighted by atomic mass is 79.9. The molecule has 4 rings (SSSR count). The van der Waals surface area contributed by atoms with Crippen molar-refractivity contribution in [2.75, 3.05) is 27.8 Å². The van der Waals surface area contributed by atoms with Crippen LogP contribution in [0, 0.1) is 27.7 Å². The number of H-pyrrole nitrogens is 4. The van der Waals surface area contributed by atoms with Crippen LogP contribution in [0.5, 0.6) is 0 Å². The summed E-state index contributed by atoms with van der Waals surface area (Å²) in [7, 11) is 0. The molecule has 0 spiro atoms. The van der Waals surface area contributed by atoms with E-state index in [-0.39, 0.29) is 57.6 Å². The number of nitrogens with one attached hydrogen (secondary N) is 9. The van der Waals surface area contributed by atoms with Gasteiger partial charge in [-0.2, -0.15) is 5.10 Å². The minimum absolute atomic E-state index is 0.0397. The van der Waals surface area contributed by atoms with Crippen LogP contribution < -0.4 is 32.3 Å². The summed E-state index contributed by atoms with van der Waals surface area (Å²) in [5.41, 5.74) is 8.72. The lowest BCUT2D eigenvalue weighted by Gasteiger charge is -2.08. The van der Waals surface area contributed by atoms with Gasteiger partial charge in [-0.1, -0.05) is 11.7 Å². The maximum atomic E-state index is 13.2. The first-order valence-corrected chi connectivity index (χ1v) is 15.0. The summed E-state index contributed by atoms with van der Waals surface area (Å²) in [5.74, 6) is -2.59. The molecular formula is C29H33BrN12O6. The second-order valence-corrected chi connectivity index (χ2v) is 11.5. The normalized spacial score (nSPS) is 11.1. The van der Waals surface area contributed by atoms with Crippen LogP contribution in [0.2, 0.25) is 0 Å². The smallest absolute Gasteiger partial charge is 0.274 e. The SMILES string of the molecule is C=C(Br)C(=O)Nc1cc(C)[nH]c1C(=O)Nc1c[nH]c(C(=O)Nc2c[nH]c(C(=O)Nc3n[nH]c(C(=O)NCCC(N)=NO)c3C)c2C)c1C. The lowest BCUT2D eigenvalue weighted by Crippen LogP contribution is -2.28. The zero-order valence-corrected chi connectivity index (χ0v) is 27.8. The number of nitrogens with zero attached hydrogens (tertiary/aromatic N) is 2. The fraction of sp³-hybridized carbons (Fsp3) is 0.207. The van der Waals surface area contributed by atoms with Crippen LogP contribution in [0.15, 0.2) is 34.7 Å². The molecule has 12 N–H and O–H groups in total. The van der Waals surface area contributed by atoms with Crippen molar-refractivity contribution in [1.82, 2.24) is 30.5 Å². The molecule has 5 amide bonds. The molecule has 0 saturated heterocycles. The third kappa shape index (κ3) is 7.64. The maximum absolute atomic E-state index is 13.2. The highest BCUT2D eigenvalue weighted by molar-refractivity contribution is 9.12. The summed E-state index contributed by atoms with van der Waals surface area (Å²) in [4.78, 5) is 72.5. The second-order valence-electron chi connectivity index (χ2n) is 10.5. The van der Waals surface area contributed by atoms with Crippen LogP contribution in [0.4, 0.5) is 22.9 Å². The topological polar surface area (TPSA) is 280 Å². The van der Waals surface area contributed by atoms with Gasteiger partial charge in [0.25, 0.3) is 29.5 Å². The number of rotatable bonds is 12. The summed E-state index contributed by atoms with van der Waals surface area (Å²) < 4.78 is 0.0912. The van der Waals surface area contributed by atoms with Crippen molar-refractivity contribution in [2.24, 2.45) is 10.9 Å². The highest BCUT2D eigenvalue weighted by Gasteiger charge is 2.23. The summed E-state index contributed by atoms with van der Waals surface area (Å²) in [6.45, 7) is 10.2. The molecule has 0 aromatic carbocycles. The minimum Gasteiger partial charge on any atom is -0.409 e. The molecule has 0 fully saturated rings. The Kier molecular flexibility index (Phi) is 10.5. The van der Waals surface area contributed by atoms with Gasteiger partial charge in [0.15, 0.2) is 5.82 Å². The Bertz CT molecular complexity index is 1960. The number of nitrogens with two attached hydrogens (primary N) is 1. The van der Waals surface area contributed by atoms with E-state index < -0.39 is 29.5 Å². The summed E-state index contributed by atoms with van der Waals surface area (Å²) in [5, 5.41) is 31.3. The zero-order valence-electron chi connectivity index (χ0n) is 26.2. The predicted molar refractivity (Wildman–Crippen MR) is 181 cm³/mol. The predicted octanol–water partition coefficient (Wildman–Crippen LogP) is 3.10. The van der Waals surface area contributed by atoms with Gasteiger partial charge in [-0.15, -0.1) is 0 Å². The molecule has 0 atom stereocenters. The number of aromatic amines is 4. The third-order valence-corrected chi connectivity index (χ3v) is 7.53. The first kappa shape index (κ1) is 34.8. The third-order valence-electron chi connectivity index (χ3n) is 7.17. The molecule has 0 aliphatic carbocycles. The Morgan fingerprint density at radius 2 is 1.40 bits per heavy atom. The molecular weight excluding hydrogens is 692 g/mol. The van der Waals surface area contributed by atoms with E-state index in [1.807, 2.05) is 0 Å². The Hall–Kier alpha value is -6.11. The number of hydrogen-bond donors (Lipinski definition) is 11. The molecule has 0 bridgehead atoms. The van der Waals surface area contributed by atoms with E-state index in [4.69, 9.17) is 10.9 Å². The number of carbonyl (C=O) groups is 5. The average molecular weight is 726 g/mol. The monoisotopic (exact) mass is 724 g/mol.